The molecule has 0 saturated heterocycles. The molecule has 7 heteroatoms. The van der Waals surface area contributed by atoms with Crippen molar-refractivity contribution < 1.29 is 9.59 Å². The van der Waals surface area contributed by atoms with E-state index in [-0.39, 0.29) is 24.4 Å². The third-order valence-corrected chi connectivity index (χ3v) is 2.96. The van der Waals surface area contributed by atoms with Gasteiger partial charge in [-0.3, -0.25) is 14.3 Å². The molecule has 1 rings (SSSR count). The summed E-state index contributed by atoms with van der Waals surface area (Å²) in [4.78, 5) is 22.7. The molecule has 1 aromatic rings. The van der Waals surface area contributed by atoms with Crippen LogP contribution in [0, 0.1) is 5.92 Å². The molecule has 0 fully saturated rings. The van der Waals surface area contributed by atoms with E-state index >= 15 is 0 Å². The van der Waals surface area contributed by atoms with Crippen molar-refractivity contribution in [1.29, 1.82) is 0 Å². The van der Waals surface area contributed by atoms with Gasteiger partial charge in [-0.2, -0.15) is 5.10 Å². The van der Waals surface area contributed by atoms with Gasteiger partial charge in [0.2, 0.25) is 11.8 Å². The molecule has 0 saturated carbocycles. The van der Waals surface area contributed by atoms with Gasteiger partial charge in [-0.05, 0) is 19.8 Å². The maximum atomic E-state index is 11.9. The van der Waals surface area contributed by atoms with Gasteiger partial charge in [-0.1, -0.05) is 13.3 Å². The summed E-state index contributed by atoms with van der Waals surface area (Å²) in [5.41, 5.74) is 11.3. The van der Waals surface area contributed by atoms with Crippen molar-refractivity contribution in [3.8, 4) is 0 Å². The Balaban J connectivity index is 2.40. The molecule has 1 aromatic heterocycles. The number of rotatable bonds is 8. The van der Waals surface area contributed by atoms with Gasteiger partial charge in [0.25, 0.3) is 0 Å². The minimum atomic E-state index is -0.477. The first-order valence-electron chi connectivity index (χ1n) is 6.75. The van der Waals surface area contributed by atoms with Crippen molar-refractivity contribution in [2.75, 3.05) is 5.32 Å². The van der Waals surface area contributed by atoms with E-state index in [2.05, 4.69) is 10.4 Å². The minimum Gasteiger partial charge on any atom is -0.368 e. The summed E-state index contributed by atoms with van der Waals surface area (Å²) in [6.07, 6.45) is 5.71. The van der Waals surface area contributed by atoms with Crippen LogP contribution >= 0.6 is 0 Å². The number of carbonyl (C=O) groups excluding carboxylic acids is 2. The largest absolute Gasteiger partial charge is 0.368 e. The van der Waals surface area contributed by atoms with Gasteiger partial charge in [-0.15, -0.1) is 0 Å². The third-order valence-electron chi connectivity index (χ3n) is 2.96. The molecule has 0 radical (unpaired) electrons. The molecule has 0 aromatic carbocycles. The Morgan fingerprint density at radius 2 is 2.10 bits per heavy atom. The van der Waals surface area contributed by atoms with Crippen molar-refractivity contribution in [1.82, 2.24) is 9.78 Å². The number of hydrogen-bond acceptors (Lipinski definition) is 4. The van der Waals surface area contributed by atoms with E-state index in [0.29, 0.717) is 5.69 Å². The summed E-state index contributed by atoms with van der Waals surface area (Å²) in [5.74, 6) is -0.628. The van der Waals surface area contributed by atoms with Crippen LogP contribution in [0.4, 0.5) is 5.69 Å². The number of nitrogens with one attached hydrogen (secondary N) is 1. The van der Waals surface area contributed by atoms with Crippen LogP contribution in [-0.4, -0.2) is 27.6 Å². The van der Waals surface area contributed by atoms with Crippen molar-refractivity contribution in [2.24, 2.45) is 17.4 Å². The van der Waals surface area contributed by atoms with E-state index in [1.54, 1.807) is 6.20 Å². The smallest absolute Gasteiger partial charge is 0.239 e. The molecule has 2 amide bonds. The molecule has 1 heterocycles. The molecule has 112 valence electrons. The normalized spacial score (nSPS) is 13.8. The lowest BCUT2D eigenvalue weighted by atomic mass is 10.0. The predicted molar refractivity (Wildman–Crippen MR) is 76.7 cm³/mol. The summed E-state index contributed by atoms with van der Waals surface area (Å²) in [7, 11) is 0. The van der Waals surface area contributed by atoms with Crippen molar-refractivity contribution in [3.63, 3.8) is 0 Å². The first-order chi connectivity index (χ1) is 9.38. The predicted octanol–water partition coefficient (Wildman–Crippen LogP) is 0.461. The van der Waals surface area contributed by atoms with Crippen LogP contribution < -0.4 is 16.8 Å². The van der Waals surface area contributed by atoms with E-state index in [1.807, 2.05) is 13.8 Å². The Kier molecular flexibility index (Phi) is 6.17. The van der Waals surface area contributed by atoms with Crippen LogP contribution in [-0.2, 0) is 16.1 Å². The molecule has 0 spiro atoms. The number of primary amides is 1. The van der Waals surface area contributed by atoms with Gasteiger partial charge in [-0.25, -0.2) is 0 Å². The minimum absolute atomic E-state index is 0.000186. The standard InChI is InChI=1S/C13H23N5O2/c1-9(4-3-5-10(2)14)13(20)17-11-6-16-18(7-11)8-12(15)19/h6-7,9-10H,3-5,8,14H2,1-2H3,(H2,15,19)(H,17,20). The van der Waals surface area contributed by atoms with Crippen LogP contribution in [0.3, 0.4) is 0 Å². The zero-order valence-electron chi connectivity index (χ0n) is 12.0. The maximum absolute atomic E-state index is 11.9. The molecule has 0 aliphatic carbocycles. The maximum Gasteiger partial charge on any atom is 0.239 e. The van der Waals surface area contributed by atoms with Crippen LogP contribution in [0.25, 0.3) is 0 Å². The van der Waals surface area contributed by atoms with E-state index < -0.39 is 5.91 Å². The average molecular weight is 281 g/mol. The summed E-state index contributed by atoms with van der Waals surface area (Å²) in [5, 5.41) is 6.71. The topological polar surface area (TPSA) is 116 Å². The average Bonchev–Trinajstić information content (AvgIpc) is 2.74. The second-order valence-corrected chi connectivity index (χ2v) is 5.19. The molecular weight excluding hydrogens is 258 g/mol. The Morgan fingerprint density at radius 1 is 1.40 bits per heavy atom. The highest BCUT2D eigenvalue weighted by Gasteiger charge is 2.14. The number of amides is 2. The van der Waals surface area contributed by atoms with Gasteiger partial charge in [0.15, 0.2) is 0 Å². The molecule has 7 nitrogen and oxygen atoms in total. The number of aromatic nitrogens is 2. The van der Waals surface area contributed by atoms with Gasteiger partial charge in [0.05, 0.1) is 11.9 Å². The van der Waals surface area contributed by atoms with E-state index in [4.69, 9.17) is 11.5 Å². The molecule has 2 unspecified atom stereocenters. The number of nitrogens with zero attached hydrogens (tertiary/aromatic N) is 2. The molecule has 5 N–H and O–H groups in total. The number of anilines is 1. The van der Waals surface area contributed by atoms with Crippen LogP contribution in [0.15, 0.2) is 12.4 Å². The van der Waals surface area contributed by atoms with E-state index in [0.717, 1.165) is 19.3 Å². The van der Waals surface area contributed by atoms with Crippen molar-refractivity contribution >= 4 is 17.5 Å². The lowest BCUT2D eigenvalue weighted by Gasteiger charge is -2.11. The van der Waals surface area contributed by atoms with Gasteiger partial charge >= 0.3 is 0 Å². The monoisotopic (exact) mass is 281 g/mol. The summed E-state index contributed by atoms with van der Waals surface area (Å²) in [6.45, 7) is 3.84. The lowest BCUT2D eigenvalue weighted by molar-refractivity contribution is -0.120. The van der Waals surface area contributed by atoms with Crippen molar-refractivity contribution in [2.45, 2.75) is 45.7 Å². The third kappa shape index (κ3) is 5.83. The number of nitrogens with two attached hydrogens (primary N) is 2. The van der Waals surface area contributed by atoms with Gasteiger partial charge in [0, 0.05) is 18.2 Å². The van der Waals surface area contributed by atoms with Crippen molar-refractivity contribution in [3.05, 3.63) is 12.4 Å². The molecule has 20 heavy (non-hydrogen) atoms. The Bertz CT molecular complexity index is 455. The Morgan fingerprint density at radius 3 is 2.70 bits per heavy atom. The highest BCUT2D eigenvalue weighted by molar-refractivity contribution is 5.92. The van der Waals surface area contributed by atoms with E-state index in [1.165, 1.54) is 10.9 Å². The number of carbonyl (C=O) groups is 2. The SMILES string of the molecule is CC(N)CCCC(C)C(=O)Nc1cnn(CC(N)=O)c1. The second kappa shape index (κ2) is 7.64. The first kappa shape index (κ1) is 16.2. The highest BCUT2D eigenvalue weighted by Crippen LogP contribution is 2.13. The zero-order valence-corrected chi connectivity index (χ0v) is 12.0. The number of hydrogen-bond donors (Lipinski definition) is 3. The zero-order chi connectivity index (χ0) is 15.1. The fourth-order valence-corrected chi connectivity index (χ4v) is 1.82. The Labute approximate surface area is 118 Å². The quantitative estimate of drug-likeness (QED) is 0.641. The lowest BCUT2D eigenvalue weighted by Crippen LogP contribution is -2.21. The first-order valence-corrected chi connectivity index (χ1v) is 6.75. The molecular formula is C13H23N5O2. The fourth-order valence-electron chi connectivity index (χ4n) is 1.82. The van der Waals surface area contributed by atoms with Gasteiger partial charge in [0.1, 0.15) is 6.54 Å². The summed E-state index contributed by atoms with van der Waals surface area (Å²) >= 11 is 0. The molecule has 2 atom stereocenters. The van der Waals surface area contributed by atoms with Crippen LogP contribution in [0.5, 0.6) is 0 Å². The van der Waals surface area contributed by atoms with E-state index in [9.17, 15) is 9.59 Å². The summed E-state index contributed by atoms with van der Waals surface area (Å²) < 4.78 is 1.39. The molecule has 0 bridgehead atoms. The van der Waals surface area contributed by atoms with Gasteiger partial charge < -0.3 is 16.8 Å². The highest BCUT2D eigenvalue weighted by atomic mass is 16.2. The second-order valence-electron chi connectivity index (χ2n) is 5.19. The fraction of sp³-hybridized carbons (Fsp3) is 0.615. The molecule has 0 aliphatic rings. The molecule has 0 aliphatic heterocycles. The summed E-state index contributed by atoms with van der Waals surface area (Å²) in [6, 6.07) is 0.164. The van der Waals surface area contributed by atoms with Crippen LogP contribution in [0.2, 0.25) is 0 Å². The Hall–Kier alpha value is -1.89. The van der Waals surface area contributed by atoms with Crippen LogP contribution in [0.1, 0.15) is 33.1 Å².